The Morgan fingerprint density at radius 3 is 2.94 bits per heavy atom. The van der Waals surface area contributed by atoms with Crippen LogP contribution in [-0.2, 0) is 4.79 Å². The first-order chi connectivity index (χ1) is 8.58. The van der Waals surface area contributed by atoms with Crippen LogP contribution in [0.5, 0.6) is 0 Å². The highest BCUT2D eigenvalue weighted by Gasteiger charge is 2.33. The molecular weight excluding hydrogens is 255 g/mol. The molecule has 1 amide bonds. The lowest BCUT2D eigenvalue weighted by atomic mass is 9.85. The molecule has 1 aliphatic carbocycles. The molecule has 1 aliphatic rings. The van der Waals surface area contributed by atoms with Crippen molar-refractivity contribution in [1.29, 1.82) is 0 Å². The van der Waals surface area contributed by atoms with E-state index in [1.54, 1.807) is 18.2 Å². The van der Waals surface area contributed by atoms with Gasteiger partial charge in [-0.25, -0.2) is 4.39 Å². The van der Waals surface area contributed by atoms with Gasteiger partial charge in [0.15, 0.2) is 0 Å². The second kappa shape index (κ2) is 3.99. The van der Waals surface area contributed by atoms with Crippen molar-refractivity contribution < 1.29 is 9.18 Å². The van der Waals surface area contributed by atoms with Crippen molar-refractivity contribution in [2.45, 2.75) is 24.9 Å². The molecule has 1 aromatic carbocycles. The van der Waals surface area contributed by atoms with Crippen molar-refractivity contribution in [3.8, 4) is 0 Å². The number of nitrogens with one attached hydrogen (secondary N) is 1. The van der Waals surface area contributed by atoms with Gasteiger partial charge in [-0.1, -0.05) is 11.6 Å². The van der Waals surface area contributed by atoms with Crippen LogP contribution in [0.1, 0.15) is 36.2 Å². The smallest absolute Gasteiger partial charge is 0.226 e. The normalized spacial score (nSPS) is 23.0. The highest BCUT2D eigenvalue weighted by molar-refractivity contribution is 6.31. The number of H-pyrrole nitrogens is 1. The Bertz CT molecular complexity index is 637. The molecule has 1 heterocycles. The third-order valence-electron chi connectivity index (χ3n) is 3.55. The predicted octanol–water partition coefficient (Wildman–Crippen LogP) is 3.19. The van der Waals surface area contributed by atoms with Gasteiger partial charge in [0.05, 0.1) is 5.92 Å². The van der Waals surface area contributed by atoms with Crippen molar-refractivity contribution >= 4 is 28.4 Å². The standard InChI is InChI=1S/C13H12ClFN2O/c14-6-1-4-10-8(5-6)11-9(15)3-2-7(13(16)18)12(11)17-10/h1,4-5,7,9,17H,2-3H2,(H2,16,18). The summed E-state index contributed by atoms with van der Waals surface area (Å²) in [6.07, 6.45) is -0.299. The Morgan fingerprint density at radius 1 is 1.44 bits per heavy atom. The van der Waals surface area contributed by atoms with Crippen molar-refractivity contribution in [3.63, 3.8) is 0 Å². The maximum Gasteiger partial charge on any atom is 0.226 e. The summed E-state index contributed by atoms with van der Waals surface area (Å²) < 4.78 is 14.1. The van der Waals surface area contributed by atoms with Crippen LogP contribution in [0.2, 0.25) is 5.02 Å². The molecule has 0 aliphatic heterocycles. The van der Waals surface area contributed by atoms with Crippen LogP contribution < -0.4 is 5.73 Å². The summed E-state index contributed by atoms with van der Waals surface area (Å²) in [4.78, 5) is 14.5. The molecule has 2 atom stereocenters. The number of aromatic amines is 1. The maximum atomic E-state index is 14.1. The van der Waals surface area contributed by atoms with E-state index < -0.39 is 18.0 Å². The third kappa shape index (κ3) is 1.60. The van der Waals surface area contributed by atoms with E-state index in [-0.39, 0.29) is 0 Å². The molecule has 1 aromatic heterocycles. The van der Waals surface area contributed by atoms with Crippen molar-refractivity contribution in [3.05, 3.63) is 34.5 Å². The number of amides is 1. The number of nitrogens with two attached hydrogens (primary N) is 1. The average Bonchev–Trinajstić information content (AvgIpc) is 2.68. The van der Waals surface area contributed by atoms with Crippen LogP contribution in [0, 0.1) is 0 Å². The van der Waals surface area contributed by atoms with Crippen molar-refractivity contribution in [2.24, 2.45) is 5.73 Å². The minimum absolute atomic E-state index is 0.320. The number of fused-ring (bicyclic) bond motifs is 3. The van der Waals surface area contributed by atoms with E-state index in [4.69, 9.17) is 17.3 Å². The fourth-order valence-electron chi connectivity index (χ4n) is 2.70. The number of benzene rings is 1. The number of halogens is 2. The lowest BCUT2D eigenvalue weighted by Crippen LogP contribution is -2.25. The molecule has 5 heteroatoms. The molecule has 3 N–H and O–H groups in total. The third-order valence-corrected chi connectivity index (χ3v) is 3.78. The van der Waals surface area contributed by atoms with E-state index in [1.807, 2.05) is 0 Å². The Balaban J connectivity index is 2.29. The molecule has 0 bridgehead atoms. The summed E-state index contributed by atoms with van der Waals surface area (Å²) in [6.45, 7) is 0. The Morgan fingerprint density at radius 2 is 2.22 bits per heavy atom. The summed E-state index contributed by atoms with van der Waals surface area (Å²) in [6, 6.07) is 5.25. The second-order valence-corrected chi connectivity index (χ2v) is 5.08. The topological polar surface area (TPSA) is 58.9 Å². The first-order valence-electron chi connectivity index (χ1n) is 5.82. The lowest BCUT2D eigenvalue weighted by Gasteiger charge is -2.22. The van der Waals surface area contributed by atoms with Gasteiger partial charge >= 0.3 is 0 Å². The maximum absolute atomic E-state index is 14.1. The fraction of sp³-hybridized carbons (Fsp3) is 0.308. The van der Waals surface area contributed by atoms with Crippen LogP contribution >= 0.6 is 11.6 Å². The number of alkyl halides is 1. The van der Waals surface area contributed by atoms with Crippen LogP contribution in [0.15, 0.2) is 18.2 Å². The molecular formula is C13H12ClFN2O. The van der Waals surface area contributed by atoms with Gasteiger partial charge in [-0.3, -0.25) is 4.79 Å². The minimum Gasteiger partial charge on any atom is -0.369 e. The summed E-state index contributed by atoms with van der Waals surface area (Å²) in [7, 11) is 0. The van der Waals surface area contributed by atoms with Crippen LogP contribution in [0.4, 0.5) is 4.39 Å². The zero-order chi connectivity index (χ0) is 12.9. The van der Waals surface area contributed by atoms with Gasteiger partial charge < -0.3 is 10.7 Å². The second-order valence-electron chi connectivity index (χ2n) is 4.64. The van der Waals surface area contributed by atoms with Gasteiger partial charge in [0.25, 0.3) is 0 Å². The van der Waals surface area contributed by atoms with E-state index in [9.17, 15) is 9.18 Å². The largest absolute Gasteiger partial charge is 0.369 e. The van der Waals surface area contributed by atoms with Gasteiger partial charge in [-0.05, 0) is 31.0 Å². The van der Waals surface area contributed by atoms with Gasteiger partial charge in [0.2, 0.25) is 5.91 Å². The Kier molecular flexibility index (Phi) is 2.55. The molecule has 18 heavy (non-hydrogen) atoms. The summed E-state index contributed by atoms with van der Waals surface area (Å²) in [5.74, 6) is -0.848. The highest BCUT2D eigenvalue weighted by Crippen LogP contribution is 2.43. The molecule has 2 unspecified atom stereocenters. The molecule has 94 valence electrons. The molecule has 0 radical (unpaired) electrons. The number of aromatic nitrogens is 1. The summed E-state index contributed by atoms with van der Waals surface area (Å²) >= 11 is 5.94. The molecule has 0 saturated heterocycles. The number of rotatable bonds is 1. The summed E-state index contributed by atoms with van der Waals surface area (Å²) in [5, 5.41) is 1.30. The van der Waals surface area contributed by atoms with E-state index in [1.165, 1.54) is 0 Å². The zero-order valence-electron chi connectivity index (χ0n) is 9.54. The van der Waals surface area contributed by atoms with Crippen LogP contribution in [0.25, 0.3) is 10.9 Å². The highest BCUT2D eigenvalue weighted by atomic mass is 35.5. The van der Waals surface area contributed by atoms with E-state index in [2.05, 4.69) is 4.98 Å². The zero-order valence-corrected chi connectivity index (χ0v) is 10.3. The first kappa shape index (κ1) is 11.5. The first-order valence-corrected chi connectivity index (χ1v) is 6.20. The summed E-state index contributed by atoms with van der Waals surface area (Å²) in [5.41, 5.74) is 7.32. The number of carbonyl (C=O) groups excluding carboxylic acids is 1. The monoisotopic (exact) mass is 266 g/mol. The molecule has 0 spiro atoms. The van der Waals surface area contributed by atoms with Crippen molar-refractivity contribution in [1.82, 2.24) is 4.98 Å². The average molecular weight is 267 g/mol. The number of carbonyl (C=O) groups is 1. The number of hydrogen-bond acceptors (Lipinski definition) is 1. The SMILES string of the molecule is NC(=O)C1CCC(F)c2c1[nH]c1ccc(Cl)cc21. The van der Waals surface area contributed by atoms with E-state index in [0.717, 1.165) is 10.9 Å². The van der Waals surface area contributed by atoms with Gasteiger partial charge in [-0.2, -0.15) is 0 Å². The van der Waals surface area contributed by atoms with Gasteiger partial charge in [0.1, 0.15) is 6.17 Å². The lowest BCUT2D eigenvalue weighted by molar-refractivity contribution is -0.119. The Labute approximate surface area is 108 Å². The molecule has 0 fully saturated rings. The van der Waals surface area contributed by atoms with Crippen LogP contribution in [0.3, 0.4) is 0 Å². The molecule has 0 saturated carbocycles. The van der Waals surface area contributed by atoms with E-state index >= 15 is 0 Å². The molecule has 2 aromatic rings. The number of hydrogen-bond donors (Lipinski definition) is 2. The van der Waals surface area contributed by atoms with Gasteiger partial charge in [0, 0.05) is 27.2 Å². The van der Waals surface area contributed by atoms with Gasteiger partial charge in [-0.15, -0.1) is 0 Å². The predicted molar refractivity (Wildman–Crippen MR) is 68.3 cm³/mol. The number of primary amides is 1. The fourth-order valence-corrected chi connectivity index (χ4v) is 2.88. The molecule has 3 rings (SSSR count). The quantitative estimate of drug-likeness (QED) is 0.818. The minimum atomic E-state index is -1.07. The van der Waals surface area contributed by atoms with E-state index in [0.29, 0.717) is 29.1 Å². The van der Waals surface area contributed by atoms with Crippen LogP contribution in [-0.4, -0.2) is 10.9 Å². The van der Waals surface area contributed by atoms with Crippen molar-refractivity contribution in [2.75, 3.05) is 0 Å². The molecule has 3 nitrogen and oxygen atoms in total. The Hall–Kier alpha value is -1.55.